The second-order valence-corrected chi connectivity index (χ2v) is 5.18. The molecule has 0 bridgehead atoms. The third-order valence-corrected chi connectivity index (χ3v) is 3.79. The van der Waals surface area contributed by atoms with Gasteiger partial charge in [-0.05, 0) is 24.3 Å². The molecule has 0 unspecified atom stereocenters. The number of morpholine rings is 2. The first-order valence-corrected chi connectivity index (χ1v) is 7.39. The molecule has 0 saturated carbocycles. The van der Waals surface area contributed by atoms with E-state index in [-0.39, 0.29) is 6.03 Å². The van der Waals surface area contributed by atoms with Crippen LogP contribution < -0.4 is 10.2 Å². The summed E-state index contributed by atoms with van der Waals surface area (Å²) in [5.74, 6) is 0. The van der Waals surface area contributed by atoms with Crippen molar-refractivity contribution in [1.29, 1.82) is 0 Å². The number of urea groups is 1. The summed E-state index contributed by atoms with van der Waals surface area (Å²) in [7, 11) is 0. The van der Waals surface area contributed by atoms with Crippen molar-refractivity contribution in [2.75, 3.05) is 62.8 Å². The fraction of sp³-hybridized carbons (Fsp3) is 0.533. The molecule has 2 aliphatic rings. The van der Waals surface area contributed by atoms with Crippen LogP contribution in [0.5, 0.6) is 0 Å². The van der Waals surface area contributed by atoms with Crippen molar-refractivity contribution in [2.24, 2.45) is 0 Å². The van der Waals surface area contributed by atoms with Gasteiger partial charge in [-0.15, -0.1) is 0 Å². The largest absolute Gasteiger partial charge is 0.378 e. The zero-order valence-corrected chi connectivity index (χ0v) is 12.1. The van der Waals surface area contributed by atoms with Crippen LogP contribution in [-0.4, -0.2) is 63.5 Å². The van der Waals surface area contributed by atoms with E-state index in [0.717, 1.165) is 32.0 Å². The molecule has 0 aromatic heterocycles. The zero-order valence-electron chi connectivity index (χ0n) is 12.1. The van der Waals surface area contributed by atoms with Crippen LogP contribution in [0.25, 0.3) is 0 Å². The van der Waals surface area contributed by atoms with Crippen LogP contribution in [0.1, 0.15) is 0 Å². The van der Waals surface area contributed by atoms with Gasteiger partial charge in [-0.2, -0.15) is 0 Å². The summed E-state index contributed by atoms with van der Waals surface area (Å²) in [6.07, 6.45) is 0. The number of ether oxygens (including phenoxy) is 2. The van der Waals surface area contributed by atoms with E-state index < -0.39 is 0 Å². The second-order valence-electron chi connectivity index (χ2n) is 5.18. The Kier molecular flexibility index (Phi) is 4.57. The van der Waals surface area contributed by atoms with Gasteiger partial charge in [0.1, 0.15) is 0 Å². The fourth-order valence-electron chi connectivity index (χ4n) is 2.55. The lowest BCUT2D eigenvalue weighted by Crippen LogP contribution is -2.43. The average Bonchev–Trinajstić information content (AvgIpc) is 2.57. The molecule has 1 aromatic carbocycles. The lowest BCUT2D eigenvalue weighted by atomic mass is 10.2. The summed E-state index contributed by atoms with van der Waals surface area (Å²) >= 11 is 0. The number of nitrogens with zero attached hydrogens (tertiary/aromatic N) is 2. The number of carbonyl (C=O) groups is 1. The number of anilines is 2. The summed E-state index contributed by atoms with van der Waals surface area (Å²) in [6, 6.07) is 7.92. The molecule has 1 N–H and O–H groups in total. The van der Waals surface area contributed by atoms with E-state index in [9.17, 15) is 4.79 Å². The first-order chi connectivity index (χ1) is 10.3. The van der Waals surface area contributed by atoms with Crippen molar-refractivity contribution in [2.45, 2.75) is 0 Å². The van der Waals surface area contributed by atoms with Gasteiger partial charge in [0.15, 0.2) is 0 Å². The molecule has 0 atom stereocenters. The number of benzene rings is 1. The molecule has 6 nitrogen and oxygen atoms in total. The monoisotopic (exact) mass is 291 g/mol. The van der Waals surface area contributed by atoms with Crippen molar-refractivity contribution < 1.29 is 14.3 Å². The molecule has 21 heavy (non-hydrogen) atoms. The molecule has 0 radical (unpaired) electrons. The van der Waals surface area contributed by atoms with Crippen LogP contribution in [0.2, 0.25) is 0 Å². The predicted molar refractivity (Wildman–Crippen MR) is 80.9 cm³/mol. The Hall–Kier alpha value is -1.79. The molecule has 2 amide bonds. The van der Waals surface area contributed by atoms with Gasteiger partial charge in [0.2, 0.25) is 0 Å². The summed E-state index contributed by atoms with van der Waals surface area (Å²) in [6.45, 7) is 5.91. The highest BCUT2D eigenvalue weighted by molar-refractivity contribution is 5.89. The molecule has 2 saturated heterocycles. The molecular weight excluding hydrogens is 270 g/mol. The number of amides is 2. The van der Waals surface area contributed by atoms with Crippen molar-refractivity contribution in [3.05, 3.63) is 24.3 Å². The first-order valence-electron chi connectivity index (χ1n) is 7.39. The summed E-state index contributed by atoms with van der Waals surface area (Å²) in [5, 5.41) is 2.93. The minimum Gasteiger partial charge on any atom is -0.378 e. The molecule has 1 aromatic rings. The van der Waals surface area contributed by atoms with Gasteiger partial charge in [-0.3, -0.25) is 0 Å². The Labute approximate surface area is 124 Å². The SMILES string of the molecule is O=C(Nc1ccc(N2CCOCC2)cc1)N1CCOCC1. The van der Waals surface area contributed by atoms with Crippen LogP contribution in [0, 0.1) is 0 Å². The Morgan fingerprint density at radius 2 is 1.48 bits per heavy atom. The highest BCUT2D eigenvalue weighted by Crippen LogP contribution is 2.19. The Balaban J connectivity index is 1.57. The van der Waals surface area contributed by atoms with Crippen LogP contribution >= 0.6 is 0 Å². The fourth-order valence-corrected chi connectivity index (χ4v) is 2.55. The van der Waals surface area contributed by atoms with E-state index in [1.807, 2.05) is 24.3 Å². The Bertz CT molecular complexity index is 466. The standard InChI is InChI=1S/C15H21N3O3/c19-15(18-7-11-21-12-8-18)16-13-1-3-14(4-2-13)17-5-9-20-10-6-17/h1-4H,5-12H2,(H,16,19). The molecule has 2 fully saturated rings. The van der Waals surface area contributed by atoms with E-state index >= 15 is 0 Å². The van der Waals surface area contributed by atoms with Gasteiger partial charge in [0.05, 0.1) is 26.4 Å². The van der Waals surface area contributed by atoms with Crippen LogP contribution in [0.4, 0.5) is 16.2 Å². The van der Waals surface area contributed by atoms with Crippen LogP contribution in [0.3, 0.4) is 0 Å². The van der Waals surface area contributed by atoms with Crippen molar-refractivity contribution >= 4 is 17.4 Å². The quantitative estimate of drug-likeness (QED) is 0.894. The summed E-state index contributed by atoms with van der Waals surface area (Å²) in [5.41, 5.74) is 1.99. The molecule has 3 rings (SSSR count). The van der Waals surface area contributed by atoms with Gasteiger partial charge in [0.25, 0.3) is 0 Å². The number of carbonyl (C=O) groups excluding carboxylic acids is 1. The van der Waals surface area contributed by atoms with Gasteiger partial charge in [0, 0.05) is 37.6 Å². The molecule has 2 heterocycles. The van der Waals surface area contributed by atoms with E-state index in [0.29, 0.717) is 26.3 Å². The van der Waals surface area contributed by atoms with Crippen LogP contribution in [-0.2, 0) is 9.47 Å². The van der Waals surface area contributed by atoms with E-state index in [4.69, 9.17) is 9.47 Å². The maximum Gasteiger partial charge on any atom is 0.321 e. The third kappa shape index (κ3) is 3.65. The average molecular weight is 291 g/mol. The van der Waals surface area contributed by atoms with E-state index in [1.165, 1.54) is 5.69 Å². The maximum atomic E-state index is 12.1. The molecule has 114 valence electrons. The smallest absolute Gasteiger partial charge is 0.321 e. The Morgan fingerprint density at radius 3 is 2.10 bits per heavy atom. The van der Waals surface area contributed by atoms with Crippen molar-refractivity contribution in [3.8, 4) is 0 Å². The van der Waals surface area contributed by atoms with Gasteiger partial charge in [-0.25, -0.2) is 4.79 Å². The highest BCUT2D eigenvalue weighted by Gasteiger charge is 2.17. The predicted octanol–water partition coefficient (Wildman–Crippen LogP) is 1.39. The lowest BCUT2D eigenvalue weighted by molar-refractivity contribution is 0.0564. The lowest BCUT2D eigenvalue weighted by Gasteiger charge is -2.29. The highest BCUT2D eigenvalue weighted by atomic mass is 16.5. The van der Waals surface area contributed by atoms with Crippen molar-refractivity contribution in [3.63, 3.8) is 0 Å². The minimum atomic E-state index is -0.0579. The van der Waals surface area contributed by atoms with Gasteiger partial charge in [-0.1, -0.05) is 0 Å². The van der Waals surface area contributed by atoms with E-state index in [1.54, 1.807) is 4.90 Å². The summed E-state index contributed by atoms with van der Waals surface area (Å²) in [4.78, 5) is 16.2. The Morgan fingerprint density at radius 1 is 0.905 bits per heavy atom. The maximum absolute atomic E-state index is 12.1. The zero-order chi connectivity index (χ0) is 14.5. The third-order valence-electron chi connectivity index (χ3n) is 3.79. The molecular formula is C15H21N3O3. The first kappa shape index (κ1) is 14.2. The van der Waals surface area contributed by atoms with Crippen LogP contribution in [0.15, 0.2) is 24.3 Å². The number of rotatable bonds is 2. The molecule has 0 spiro atoms. The molecule has 0 aliphatic carbocycles. The van der Waals surface area contributed by atoms with Gasteiger partial charge >= 0.3 is 6.03 Å². The molecule has 2 aliphatic heterocycles. The number of nitrogens with one attached hydrogen (secondary N) is 1. The second kappa shape index (κ2) is 6.78. The normalized spacial score (nSPS) is 19.4. The minimum absolute atomic E-state index is 0.0579. The topological polar surface area (TPSA) is 54.0 Å². The number of hydrogen-bond donors (Lipinski definition) is 1. The number of hydrogen-bond acceptors (Lipinski definition) is 4. The van der Waals surface area contributed by atoms with Crippen molar-refractivity contribution in [1.82, 2.24) is 4.90 Å². The molecule has 6 heteroatoms. The summed E-state index contributed by atoms with van der Waals surface area (Å²) < 4.78 is 10.6. The van der Waals surface area contributed by atoms with E-state index in [2.05, 4.69) is 10.2 Å². The van der Waals surface area contributed by atoms with Gasteiger partial charge < -0.3 is 24.6 Å².